The van der Waals surface area contributed by atoms with Crippen LogP contribution in [0.25, 0.3) is 0 Å². The number of para-hydroxylation sites is 1. The van der Waals surface area contributed by atoms with Gasteiger partial charge in [0.15, 0.2) is 0 Å². The molecule has 2 fully saturated rings. The van der Waals surface area contributed by atoms with Crippen molar-refractivity contribution in [2.75, 3.05) is 68.7 Å². The molecule has 2 aliphatic heterocycles. The van der Waals surface area contributed by atoms with Crippen LogP contribution in [0.15, 0.2) is 59.5 Å². The standard InChI is InChI=1S/C26H33F3N4OS.CH4/c27-26(28,29)35-24-11-9-23(10-12-24)31-14-5-15-33(21-20-31)25(34)8-4-13-30-16-18-32(19-17-30)22-6-2-1-3-7-22;/h1-3,6-7,9-12H,4-5,8,13-21H2;1H4. The molecule has 0 unspecified atom stereocenters. The molecule has 0 N–H and O–H groups in total. The van der Waals surface area contributed by atoms with Gasteiger partial charge in [0.1, 0.15) is 0 Å². The van der Waals surface area contributed by atoms with Crippen molar-refractivity contribution in [1.82, 2.24) is 9.80 Å². The number of amides is 1. The number of halogens is 3. The number of carbonyl (C=O) groups excluding carboxylic acids is 1. The smallest absolute Gasteiger partial charge is 0.370 e. The van der Waals surface area contributed by atoms with E-state index in [1.807, 2.05) is 11.0 Å². The molecule has 2 aromatic rings. The number of hydrogen-bond donors (Lipinski definition) is 0. The number of piperazine rings is 1. The Hall–Kier alpha value is -2.39. The first kappa shape index (κ1) is 28.2. The molecule has 0 spiro atoms. The molecule has 2 saturated heterocycles. The van der Waals surface area contributed by atoms with Crippen LogP contribution < -0.4 is 9.80 Å². The Morgan fingerprint density at radius 2 is 1.39 bits per heavy atom. The predicted octanol–water partition coefficient (Wildman–Crippen LogP) is 5.58. The largest absolute Gasteiger partial charge is 0.446 e. The number of rotatable bonds is 7. The SMILES string of the molecule is C.O=C(CCCN1CCN(c2ccccc2)CC1)N1CCCN(c2ccc(SC(F)(F)F)cc2)CC1. The summed E-state index contributed by atoms with van der Waals surface area (Å²) in [4.78, 5) is 22.0. The van der Waals surface area contributed by atoms with E-state index in [9.17, 15) is 18.0 Å². The second kappa shape index (κ2) is 13.2. The van der Waals surface area contributed by atoms with Crippen LogP contribution in [0, 0.1) is 0 Å². The maximum Gasteiger partial charge on any atom is 0.446 e. The average Bonchev–Trinajstić information content (AvgIpc) is 3.11. The van der Waals surface area contributed by atoms with Gasteiger partial charge in [-0.25, -0.2) is 0 Å². The molecule has 0 bridgehead atoms. The Morgan fingerprint density at radius 3 is 2.06 bits per heavy atom. The van der Waals surface area contributed by atoms with Gasteiger partial charge >= 0.3 is 5.51 Å². The number of anilines is 2. The van der Waals surface area contributed by atoms with Crippen LogP contribution in [0.1, 0.15) is 26.7 Å². The summed E-state index contributed by atoms with van der Waals surface area (Å²) in [5.74, 6) is 0.201. The van der Waals surface area contributed by atoms with Gasteiger partial charge < -0.3 is 14.7 Å². The molecule has 9 heteroatoms. The lowest BCUT2D eigenvalue weighted by atomic mass is 10.2. The molecule has 2 aromatic carbocycles. The van der Waals surface area contributed by atoms with E-state index in [1.165, 1.54) is 17.8 Å². The van der Waals surface area contributed by atoms with E-state index >= 15 is 0 Å². The van der Waals surface area contributed by atoms with Crippen molar-refractivity contribution >= 4 is 29.0 Å². The first-order chi connectivity index (χ1) is 16.9. The summed E-state index contributed by atoms with van der Waals surface area (Å²) < 4.78 is 37.7. The van der Waals surface area contributed by atoms with Gasteiger partial charge in [-0.1, -0.05) is 25.6 Å². The second-order valence-corrected chi connectivity index (χ2v) is 10.2. The Kier molecular flexibility index (Phi) is 10.4. The molecule has 2 aliphatic rings. The van der Waals surface area contributed by atoms with Crippen LogP contribution in [0.5, 0.6) is 0 Å². The highest BCUT2D eigenvalue weighted by molar-refractivity contribution is 8.00. The molecule has 2 heterocycles. The van der Waals surface area contributed by atoms with Crippen molar-refractivity contribution in [1.29, 1.82) is 0 Å². The minimum atomic E-state index is -4.28. The first-order valence-electron chi connectivity index (χ1n) is 12.3. The quantitative estimate of drug-likeness (QED) is 0.444. The third-order valence-corrected chi connectivity index (χ3v) is 7.38. The zero-order valence-corrected chi connectivity index (χ0v) is 20.7. The van der Waals surface area contributed by atoms with Gasteiger partial charge in [-0.2, -0.15) is 13.2 Å². The van der Waals surface area contributed by atoms with Gasteiger partial charge in [0, 0.05) is 75.0 Å². The highest BCUT2D eigenvalue weighted by Gasteiger charge is 2.29. The highest BCUT2D eigenvalue weighted by atomic mass is 32.2. The van der Waals surface area contributed by atoms with E-state index in [2.05, 4.69) is 39.0 Å². The van der Waals surface area contributed by atoms with E-state index in [4.69, 9.17) is 0 Å². The maximum absolute atomic E-state index is 12.8. The third kappa shape index (κ3) is 8.34. The Balaban J connectivity index is 0.00000361. The van der Waals surface area contributed by atoms with E-state index in [0.29, 0.717) is 19.5 Å². The second-order valence-electron chi connectivity index (χ2n) is 9.03. The third-order valence-electron chi connectivity index (χ3n) is 6.64. The van der Waals surface area contributed by atoms with Gasteiger partial charge in [0.2, 0.25) is 5.91 Å². The maximum atomic E-state index is 12.8. The van der Waals surface area contributed by atoms with Gasteiger partial charge in [-0.3, -0.25) is 9.69 Å². The number of alkyl halides is 3. The van der Waals surface area contributed by atoms with Crippen molar-refractivity contribution in [2.45, 2.75) is 37.1 Å². The van der Waals surface area contributed by atoms with E-state index in [0.717, 1.165) is 64.3 Å². The molecule has 0 aliphatic carbocycles. The number of nitrogens with zero attached hydrogens (tertiary/aromatic N) is 4. The van der Waals surface area contributed by atoms with E-state index in [1.54, 1.807) is 12.1 Å². The van der Waals surface area contributed by atoms with Crippen LogP contribution in [-0.4, -0.2) is 80.1 Å². The van der Waals surface area contributed by atoms with Crippen LogP contribution >= 0.6 is 11.8 Å². The molecule has 0 saturated carbocycles. The van der Waals surface area contributed by atoms with Crippen LogP contribution in [-0.2, 0) is 4.79 Å². The summed E-state index contributed by atoms with van der Waals surface area (Å²) in [6.07, 6.45) is 2.28. The summed E-state index contributed by atoms with van der Waals surface area (Å²) in [5, 5.41) is 0. The number of carbonyl (C=O) groups is 1. The van der Waals surface area contributed by atoms with Crippen molar-refractivity contribution in [3.63, 3.8) is 0 Å². The molecular weight excluding hydrogens is 485 g/mol. The van der Waals surface area contributed by atoms with Gasteiger partial charge in [-0.15, -0.1) is 0 Å². The van der Waals surface area contributed by atoms with E-state index in [-0.39, 0.29) is 30.0 Å². The van der Waals surface area contributed by atoms with Crippen molar-refractivity contribution in [3.8, 4) is 0 Å². The van der Waals surface area contributed by atoms with Crippen LogP contribution in [0.3, 0.4) is 0 Å². The normalized spacial score (nSPS) is 17.5. The summed E-state index contributed by atoms with van der Waals surface area (Å²) in [7, 11) is 0. The lowest BCUT2D eigenvalue weighted by Crippen LogP contribution is -2.46. The summed E-state index contributed by atoms with van der Waals surface area (Å²) >= 11 is -0.0959. The molecule has 0 atom stereocenters. The molecule has 198 valence electrons. The summed E-state index contributed by atoms with van der Waals surface area (Å²) in [5.41, 5.74) is -2.10. The number of hydrogen-bond acceptors (Lipinski definition) is 5. The molecular formula is C27H37F3N4OS. The molecule has 5 nitrogen and oxygen atoms in total. The van der Waals surface area contributed by atoms with Crippen LogP contribution in [0.4, 0.5) is 24.5 Å². The fourth-order valence-corrected chi connectivity index (χ4v) is 5.30. The highest BCUT2D eigenvalue weighted by Crippen LogP contribution is 2.37. The van der Waals surface area contributed by atoms with Crippen molar-refractivity contribution in [2.24, 2.45) is 0 Å². The van der Waals surface area contributed by atoms with Crippen molar-refractivity contribution < 1.29 is 18.0 Å². The zero-order valence-electron chi connectivity index (χ0n) is 19.9. The molecule has 0 aromatic heterocycles. The Labute approximate surface area is 217 Å². The molecule has 0 radical (unpaired) electrons. The Morgan fingerprint density at radius 1 is 0.778 bits per heavy atom. The van der Waals surface area contributed by atoms with Gasteiger partial charge in [0.25, 0.3) is 0 Å². The van der Waals surface area contributed by atoms with Gasteiger partial charge in [-0.05, 0) is 67.5 Å². The Bertz CT molecular complexity index is 934. The predicted molar refractivity (Wildman–Crippen MR) is 143 cm³/mol. The van der Waals surface area contributed by atoms with Gasteiger partial charge in [0.05, 0.1) is 0 Å². The van der Waals surface area contributed by atoms with Crippen LogP contribution in [0.2, 0.25) is 0 Å². The average molecular weight is 523 g/mol. The fourth-order valence-electron chi connectivity index (χ4n) is 4.76. The topological polar surface area (TPSA) is 30.0 Å². The molecule has 4 rings (SSSR count). The monoisotopic (exact) mass is 522 g/mol. The number of benzene rings is 2. The molecule has 36 heavy (non-hydrogen) atoms. The zero-order chi connectivity index (χ0) is 24.7. The minimum absolute atomic E-state index is 0. The van der Waals surface area contributed by atoms with Crippen molar-refractivity contribution in [3.05, 3.63) is 54.6 Å². The fraction of sp³-hybridized carbons (Fsp3) is 0.519. The summed E-state index contributed by atoms with van der Waals surface area (Å²) in [6, 6.07) is 17.0. The molecule has 1 amide bonds. The lowest BCUT2D eigenvalue weighted by Gasteiger charge is -2.36. The first-order valence-corrected chi connectivity index (χ1v) is 13.1. The summed E-state index contributed by atoms with van der Waals surface area (Å²) in [6.45, 7) is 7.85. The minimum Gasteiger partial charge on any atom is -0.370 e. The lowest BCUT2D eigenvalue weighted by molar-refractivity contribution is -0.131. The van der Waals surface area contributed by atoms with E-state index < -0.39 is 5.51 Å². The number of thioether (sulfide) groups is 1.